The van der Waals surface area contributed by atoms with Crippen LogP contribution in [0, 0.1) is 0 Å². The lowest BCUT2D eigenvalue weighted by Gasteiger charge is -2.04. The summed E-state index contributed by atoms with van der Waals surface area (Å²) < 4.78 is 0. The van der Waals surface area contributed by atoms with E-state index in [2.05, 4.69) is 19.1 Å². The lowest BCUT2D eigenvalue weighted by molar-refractivity contribution is 0.0993. The molecule has 0 N–H and O–H groups in total. The van der Waals surface area contributed by atoms with Crippen molar-refractivity contribution in [3.05, 3.63) is 71.3 Å². The molecule has 0 aliphatic heterocycles. The van der Waals surface area contributed by atoms with Gasteiger partial charge in [-0.05, 0) is 24.0 Å². The summed E-state index contributed by atoms with van der Waals surface area (Å²) in [5.41, 5.74) is 3.20. The molecule has 0 radical (unpaired) electrons. The predicted octanol–water partition coefficient (Wildman–Crippen LogP) is 4.45. The molecule has 0 aliphatic carbocycles. The average molecular weight is 252 g/mol. The van der Waals surface area contributed by atoms with Crippen molar-refractivity contribution >= 4 is 5.78 Å². The van der Waals surface area contributed by atoms with Gasteiger partial charge in [0.05, 0.1) is 0 Å². The number of carbonyl (C=O) groups is 1. The number of Topliss-reactive ketones (excluding diaryl/α,β-unsaturated/α-hetero) is 1. The van der Waals surface area contributed by atoms with E-state index in [0.717, 1.165) is 17.5 Å². The molecule has 0 amide bonds. The topological polar surface area (TPSA) is 17.1 Å². The van der Waals surface area contributed by atoms with Crippen LogP contribution >= 0.6 is 0 Å². The normalized spacial score (nSPS) is 10.4. The van der Waals surface area contributed by atoms with Crippen LogP contribution in [0.15, 0.2) is 54.6 Å². The van der Waals surface area contributed by atoms with Crippen LogP contribution in [0.25, 0.3) is 0 Å². The fraction of sp³-hybridized carbons (Fsp3) is 0.278. The van der Waals surface area contributed by atoms with Crippen LogP contribution in [0.3, 0.4) is 0 Å². The van der Waals surface area contributed by atoms with Crippen LogP contribution in [-0.2, 0) is 12.8 Å². The Labute approximate surface area is 115 Å². The van der Waals surface area contributed by atoms with E-state index in [0.29, 0.717) is 6.42 Å². The third kappa shape index (κ3) is 4.06. The van der Waals surface area contributed by atoms with Crippen molar-refractivity contribution in [2.24, 2.45) is 0 Å². The molecular weight excluding hydrogens is 232 g/mol. The number of hydrogen-bond acceptors (Lipinski definition) is 1. The molecule has 2 rings (SSSR count). The number of hydrogen-bond donors (Lipinski definition) is 0. The highest BCUT2D eigenvalue weighted by Crippen LogP contribution is 2.11. The van der Waals surface area contributed by atoms with Crippen molar-refractivity contribution in [1.82, 2.24) is 0 Å². The summed E-state index contributed by atoms with van der Waals surface area (Å²) in [5.74, 6) is 0.188. The molecule has 0 aromatic heterocycles. The number of unbranched alkanes of at least 4 members (excludes halogenated alkanes) is 1. The van der Waals surface area contributed by atoms with E-state index in [4.69, 9.17) is 0 Å². The third-order valence-electron chi connectivity index (χ3n) is 3.30. The third-order valence-corrected chi connectivity index (χ3v) is 3.30. The first-order valence-corrected chi connectivity index (χ1v) is 6.95. The van der Waals surface area contributed by atoms with E-state index < -0.39 is 0 Å². The van der Waals surface area contributed by atoms with Crippen molar-refractivity contribution in [2.45, 2.75) is 32.6 Å². The minimum absolute atomic E-state index is 0.188. The fourth-order valence-corrected chi connectivity index (χ4v) is 2.12. The summed E-state index contributed by atoms with van der Waals surface area (Å²) in [6, 6.07) is 18.0. The van der Waals surface area contributed by atoms with E-state index in [9.17, 15) is 4.79 Å². The standard InChI is InChI=1S/C18H20O/c1-2-3-7-15-10-12-17(13-11-15)18(19)14-16-8-5-4-6-9-16/h4-6,8-13H,2-3,7,14H2,1H3. The molecule has 0 saturated carbocycles. The molecule has 0 spiro atoms. The van der Waals surface area contributed by atoms with E-state index in [1.54, 1.807) is 0 Å². The average Bonchev–Trinajstić information content (AvgIpc) is 2.46. The predicted molar refractivity (Wildman–Crippen MR) is 79.5 cm³/mol. The SMILES string of the molecule is CCCCc1ccc(C(=O)Cc2ccccc2)cc1. The van der Waals surface area contributed by atoms with Crippen molar-refractivity contribution in [3.8, 4) is 0 Å². The Bertz CT molecular complexity index is 511. The molecule has 2 aromatic rings. The van der Waals surface area contributed by atoms with Crippen LogP contribution in [0.5, 0.6) is 0 Å². The zero-order valence-electron chi connectivity index (χ0n) is 11.4. The highest BCUT2D eigenvalue weighted by molar-refractivity contribution is 5.97. The second kappa shape index (κ2) is 6.89. The second-order valence-electron chi connectivity index (χ2n) is 4.89. The fourth-order valence-electron chi connectivity index (χ4n) is 2.12. The number of rotatable bonds is 6. The first-order valence-electron chi connectivity index (χ1n) is 6.95. The Hall–Kier alpha value is -1.89. The highest BCUT2D eigenvalue weighted by Gasteiger charge is 2.06. The zero-order valence-corrected chi connectivity index (χ0v) is 11.4. The smallest absolute Gasteiger partial charge is 0.167 e. The molecule has 0 atom stereocenters. The van der Waals surface area contributed by atoms with Crippen LogP contribution < -0.4 is 0 Å². The number of ketones is 1. The monoisotopic (exact) mass is 252 g/mol. The first-order chi connectivity index (χ1) is 9.29. The van der Waals surface area contributed by atoms with E-state index in [1.165, 1.54) is 18.4 Å². The maximum atomic E-state index is 12.1. The van der Waals surface area contributed by atoms with Gasteiger partial charge in [-0.3, -0.25) is 4.79 Å². The van der Waals surface area contributed by atoms with Gasteiger partial charge < -0.3 is 0 Å². The molecule has 0 aliphatic rings. The quantitative estimate of drug-likeness (QED) is 0.694. The molecule has 1 nitrogen and oxygen atoms in total. The van der Waals surface area contributed by atoms with Gasteiger partial charge in [0.25, 0.3) is 0 Å². The molecule has 0 heterocycles. The molecule has 0 bridgehead atoms. The lowest BCUT2D eigenvalue weighted by atomic mass is 10.0. The van der Waals surface area contributed by atoms with Crippen LogP contribution in [0.1, 0.15) is 41.3 Å². The minimum atomic E-state index is 0.188. The second-order valence-corrected chi connectivity index (χ2v) is 4.89. The summed E-state index contributed by atoms with van der Waals surface area (Å²) in [6.45, 7) is 2.19. The van der Waals surface area contributed by atoms with Crippen LogP contribution in [0.4, 0.5) is 0 Å². The molecule has 1 heteroatoms. The van der Waals surface area contributed by atoms with Crippen molar-refractivity contribution < 1.29 is 4.79 Å². The van der Waals surface area contributed by atoms with Gasteiger partial charge in [0.1, 0.15) is 0 Å². The van der Waals surface area contributed by atoms with Gasteiger partial charge in [-0.25, -0.2) is 0 Å². The first kappa shape index (κ1) is 13.5. The summed E-state index contributed by atoms with van der Waals surface area (Å²) in [5, 5.41) is 0. The molecular formula is C18H20O. The van der Waals surface area contributed by atoms with Crippen molar-refractivity contribution in [1.29, 1.82) is 0 Å². The van der Waals surface area contributed by atoms with E-state index >= 15 is 0 Å². The van der Waals surface area contributed by atoms with Gasteiger partial charge in [0.2, 0.25) is 0 Å². The molecule has 0 fully saturated rings. The van der Waals surface area contributed by atoms with E-state index in [1.807, 2.05) is 42.5 Å². The summed E-state index contributed by atoms with van der Waals surface area (Å²) in [6.07, 6.45) is 3.99. The number of aryl methyl sites for hydroxylation is 1. The Balaban J connectivity index is 1.99. The molecule has 0 saturated heterocycles. The highest BCUT2D eigenvalue weighted by atomic mass is 16.1. The molecule has 98 valence electrons. The maximum Gasteiger partial charge on any atom is 0.167 e. The molecule has 2 aromatic carbocycles. The Morgan fingerprint density at radius 2 is 1.58 bits per heavy atom. The lowest BCUT2D eigenvalue weighted by Crippen LogP contribution is -2.03. The summed E-state index contributed by atoms with van der Waals surface area (Å²) >= 11 is 0. The van der Waals surface area contributed by atoms with Crippen LogP contribution in [0.2, 0.25) is 0 Å². The number of carbonyl (C=O) groups excluding carboxylic acids is 1. The Kier molecular flexibility index (Phi) is 4.91. The summed E-state index contributed by atoms with van der Waals surface area (Å²) in [7, 11) is 0. The van der Waals surface area contributed by atoms with Crippen molar-refractivity contribution in [3.63, 3.8) is 0 Å². The van der Waals surface area contributed by atoms with Crippen LogP contribution in [-0.4, -0.2) is 5.78 Å². The Morgan fingerprint density at radius 3 is 2.21 bits per heavy atom. The zero-order chi connectivity index (χ0) is 13.5. The number of benzene rings is 2. The van der Waals surface area contributed by atoms with Crippen molar-refractivity contribution in [2.75, 3.05) is 0 Å². The largest absolute Gasteiger partial charge is 0.294 e. The maximum absolute atomic E-state index is 12.1. The Morgan fingerprint density at radius 1 is 0.895 bits per heavy atom. The van der Waals surface area contributed by atoms with Gasteiger partial charge in [0, 0.05) is 12.0 Å². The van der Waals surface area contributed by atoms with Gasteiger partial charge >= 0.3 is 0 Å². The molecule has 0 unspecified atom stereocenters. The minimum Gasteiger partial charge on any atom is -0.294 e. The van der Waals surface area contributed by atoms with Gasteiger partial charge in [0.15, 0.2) is 5.78 Å². The van der Waals surface area contributed by atoms with Gasteiger partial charge in [-0.15, -0.1) is 0 Å². The van der Waals surface area contributed by atoms with Gasteiger partial charge in [-0.1, -0.05) is 67.9 Å². The summed E-state index contributed by atoms with van der Waals surface area (Å²) in [4.78, 5) is 12.1. The van der Waals surface area contributed by atoms with Gasteiger partial charge in [-0.2, -0.15) is 0 Å². The van der Waals surface area contributed by atoms with E-state index in [-0.39, 0.29) is 5.78 Å². The molecule has 19 heavy (non-hydrogen) atoms.